The molecule has 2 heterocycles. The summed E-state index contributed by atoms with van der Waals surface area (Å²) in [6.45, 7) is 0.504. The van der Waals surface area contributed by atoms with E-state index < -0.39 is 5.97 Å². The van der Waals surface area contributed by atoms with Gasteiger partial charge in [0.05, 0.1) is 11.6 Å². The minimum absolute atomic E-state index is 0.137. The molecule has 8 N–H and O–H groups in total. The van der Waals surface area contributed by atoms with E-state index >= 15 is 0 Å². The van der Waals surface area contributed by atoms with Gasteiger partial charge in [-0.15, -0.1) is 0 Å². The molecule has 0 bridgehead atoms. The molecule has 1 saturated carbocycles. The number of rotatable bonds is 8. The Morgan fingerprint density at radius 2 is 2.29 bits per heavy atom. The van der Waals surface area contributed by atoms with E-state index in [4.69, 9.17) is 16.7 Å². The fourth-order valence-corrected chi connectivity index (χ4v) is 2.24. The summed E-state index contributed by atoms with van der Waals surface area (Å²) in [5.74, 6) is 6.32. The Bertz CT molecular complexity index is 767. The Morgan fingerprint density at radius 3 is 3.00 bits per heavy atom. The number of nitrogens with one attached hydrogen (secondary N) is 3. The van der Waals surface area contributed by atoms with Crippen LogP contribution in [0.1, 0.15) is 12.8 Å². The molecule has 0 amide bonds. The summed E-state index contributed by atoms with van der Waals surface area (Å²) in [5.41, 5.74) is 6.48. The molecule has 1 aliphatic carbocycles. The Kier molecular flexibility index (Phi) is 4.38. The van der Waals surface area contributed by atoms with E-state index in [9.17, 15) is 4.79 Å². The molecular weight excluding hydrogens is 312 g/mol. The lowest BCUT2D eigenvalue weighted by molar-refractivity contribution is -0.137. The first kappa shape index (κ1) is 15.9. The van der Waals surface area contributed by atoms with Crippen LogP contribution in [0, 0.1) is 5.92 Å². The third kappa shape index (κ3) is 4.04. The van der Waals surface area contributed by atoms with Crippen LogP contribution >= 0.6 is 0 Å². The van der Waals surface area contributed by atoms with Crippen LogP contribution in [0.15, 0.2) is 24.3 Å². The SMILES string of the molecule is N/C(=C\N(N)CC(=O)O)Nc1nc(NCC2CC2)c2cc[nH]c2n1. The highest BCUT2D eigenvalue weighted by atomic mass is 16.4. The molecule has 0 saturated heterocycles. The molecule has 1 aliphatic rings. The number of carboxylic acid groups (broad SMARTS) is 1. The number of aliphatic carboxylic acids is 1. The van der Waals surface area contributed by atoms with Crippen molar-refractivity contribution in [2.45, 2.75) is 12.8 Å². The molecule has 3 rings (SSSR count). The van der Waals surface area contributed by atoms with E-state index in [1.54, 1.807) is 6.20 Å². The van der Waals surface area contributed by atoms with E-state index in [1.807, 2.05) is 6.07 Å². The number of anilines is 2. The summed E-state index contributed by atoms with van der Waals surface area (Å²) < 4.78 is 0. The second-order valence-corrected chi connectivity index (χ2v) is 5.74. The number of nitrogens with two attached hydrogens (primary N) is 2. The van der Waals surface area contributed by atoms with Crippen LogP contribution in [0.5, 0.6) is 0 Å². The smallest absolute Gasteiger partial charge is 0.324 e. The quantitative estimate of drug-likeness (QED) is 0.293. The molecule has 0 spiro atoms. The highest BCUT2D eigenvalue weighted by molar-refractivity contribution is 5.88. The molecule has 0 aliphatic heterocycles. The molecule has 10 heteroatoms. The lowest BCUT2D eigenvalue weighted by Crippen LogP contribution is -2.33. The van der Waals surface area contributed by atoms with Crippen LogP contribution in [-0.2, 0) is 4.79 Å². The molecule has 1 fully saturated rings. The fourth-order valence-electron chi connectivity index (χ4n) is 2.24. The lowest BCUT2D eigenvalue weighted by Gasteiger charge is -2.13. The number of fused-ring (bicyclic) bond motifs is 1. The Balaban J connectivity index is 1.75. The fraction of sp³-hybridized carbons (Fsp3) is 0.357. The van der Waals surface area contributed by atoms with Gasteiger partial charge in [0.1, 0.15) is 23.8 Å². The van der Waals surface area contributed by atoms with Gasteiger partial charge in [-0.1, -0.05) is 0 Å². The summed E-state index contributed by atoms with van der Waals surface area (Å²) in [5, 5.41) is 16.7. The molecular formula is C14H20N8O2. The summed E-state index contributed by atoms with van der Waals surface area (Å²) in [6, 6.07) is 1.90. The Labute approximate surface area is 137 Å². The lowest BCUT2D eigenvalue weighted by atomic mass is 10.3. The van der Waals surface area contributed by atoms with Gasteiger partial charge < -0.3 is 31.5 Å². The first-order valence-electron chi connectivity index (χ1n) is 7.57. The van der Waals surface area contributed by atoms with Crippen molar-refractivity contribution in [1.82, 2.24) is 20.0 Å². The van der Waals surface area contributed by atoms with Crippen LogP contribution in [0.2, 0.25) is 0 Å². The molecule has 2 aromatic heterocycles. The van der Waals surface area contributed by atoms with Crippen molar-refractivity contribution in [2.24, 2.45) is 17.5 Å². The first-order valence-corrected chi connectivity index (χ1v) is 7.57. The van der Waals surface area contributed by atoms with Gasteiger partial charge in [0.25, 0.3) is 0 Å². The average molecular weight is 332 g/mol. The van der Waals surface area contributed by atoms with E-state index in [-0.39, 0.29) is 12.4 Å². The van der Waals surface area contributed by atoms with E-state index in [0.717, 1.165) is 22.8 Å². The zero-order valence-corrected chi connectivity index (χ0v) is 13.0. The summed E-state index contributed by atoms with van der Waals surface area (Å²) in [7, 11) is 0. The number of carboxylic acids is 1. The average Bonchev–Trinajstić information content (AvgIpc) is 3.19. The highest BCUT2D eigenvalue weighted by Gasteiger charge is 2.21. The number of hydrazine groups is 1. The number of hydrogen-bond acceptors (Lipinski definition) is 8. The van der Waals surface area contributed by atoms with Crippen LogP contribution in [-0.4, -0.2) is 44.1 Å². The van der Waals surface area contributed by atoms with Crippen molar-refractivity contribution < 1.29 is 9.90 Å². The number of H-pyrrole nitrogens is 1. The normalized spacial score (nSPS) is 14.6. The van der Waals surface area contributed by atoms with Gasteiger partial charge >= 0.3 is 5.97 Å². The monoisotopic (exact) mass is 332 g/mol. The first-order chi connectivity index (χ1) is 11.5. The van der Waals surface area contributed by atoms with Crippen molar-refractivity contribution in [1.29, 1.82) is 0 Å². The van der Waals surface area contributed by atoms with Gasteiger partial charge in [-0.2, -0.15) is 9.97 Å². The van der Waals surface area contributed by atoms with Gasteiger partial charge in [0.15, 0.2) is 0 Å². The maximum Gasteiger partial charge on any atom is 0.324 e. The van der Waals surface area contributed by atoms with Crippen molar-refractivity contribution in [2.75, 3.05) is 23.7 Å². The number of aromatic amines is 1. The molecule has 0 unspecified atom stereocenters. The van der Waals surface area contributed by atoms with Crippen molar-refractivity contribution in [3.05, 3.63) is 24.3 Å². The zero-order chi connectivity index (χ0) is 17.1. The number of hydrogen-bond donors (Lipinski definition) is 6. The molecule has 10 nitrogen and oxygen atoms in total. The largest absolute Gasteiger partial charge is 0.480 e. The van der Waals surface area contributed by atoms with E-state index in [1.165, 1.54) is 19.0 Å². The molecule has 0 aromatic carbocycles. The van der Waals surface area contributed by atoms with Crippen LogP contribution in [0.3, 0.4) is 0 Å². The summed E-state index contributed by atoms with van der Waals surface area (Å²) >= 11 is 0. The van der Waals surface area contributed by atoms with E-state index in [2.05, 4.69) is 25.6 Å². The standard InChI is InChI=1S/C14H20N8O2/c15-10(6-22(16)7-11(23)24)19-14-20-12-9(3-4-17-12)13(21-14)18-5-8-1-2-8/h3-4,6,8H,1-2,5,7,15-16H2,(H,23,24)(H3,17,18,19,20,21)/b10-6+. The topological polar surface area (TPSA) is 158 Å². The van der Waals surface area contributed by atoms with Gasteiger partial charge in [-0.3, -0.25) is 4.79 Å². The Morgan fingerprint density at radius 1 is 1.50 bits per heavy atom. The Hall–Kier alpha value is -3.01. The summed E-state index contributed by atoms with van der Waals surface area (Å²) in [4.78, 5) is 22.4. The maximum atomic E-state index is 10.6. The second kappa shape index (κ2) is 6.62. The van der Waals surface area contributed by atoms with Crippen molar-refractivity contribution in [3.63, 3.8) is 0 Å². The predicted octanol–water partition coefficient (Wildman–Crippen LogP) is 0.210. The predicted molar refractivity (Wildman–Crippen MR) is 89.5 cm³/mol. The summed E-state index contributed by atoms with van der Waals surface area (Å²) in [6.07, 6.45) is 5.54. The highest BCUT2D eigenvalue weighted by Crippen LogP contribution is 2.30. The number of nitrogens with zero attached hydrogens (tertiary/aromatic N) is 3. The third-order valence-electron chi connectivity index (χ3n) is 3.55. The third-order valence-corrected chi connectivity index (χ3v) is 3.55. The molecule has 0 radical (unpaired) electrons. The van der Waals surface area contributed by atoms with Gasteiger partial charge in [0, 0.05) is 12.7 Å². The molecule has 0 atom stereocenters. The van der Waals surface area contributed by atoms with E-state index in [0.29, 0.717) is 17.5 Å². The van der Waals surface area contributed by atoms with Crippen LogP contribution < -0.4 is 22.2 Å². The molecule has 2 aromatic rings. The van der Waals surface area contributed by atoms with Gasteiger partial charge in [-0.25, -0.2) is 5.84 Å². The van der Waals surface area contributed by atoms with Crippen LogP contribution in [0.25, 0.3) is 11.0 Å². The zero-order valence-electron chi connectivity index (χ0n) is 13.0. The maximum absolute atomic E-state index is 10.6. The number of carbonyl (C=O) groups is 1. The van der Waals surface area contributed by atoms with Gasteiger partial charge in [-0.05, 0) is 24.8 Å². The number of aromatic nitrogens is 3. The minimum Gasteiger partial charge on any atom is -0.480 e. The van der Waals surface area contributed by atoms with Gasteiger partial charge in [0.2, 0.25) is 5.95 Å². The molecule has 24 heavy (non-hydrogen) atoms. The van der Waals surface area contributed by atoms with Crippen molar-refractivity contribution in [3.8, 4) is 0 Å². The van der Waals surface area contributed by atoms with Crippen LogP contribution in [0.4, 0.5) is 11.8 Å². The van der Waals surface area contributed by atoms with Crippen molar-refractivity contribution >= 4 is 28.8 Å². The molecule has 128 valence electrons. The minimum atomic E-state index is -1.06. The second-order valence-electron chi connectivity index (χ2n) is 5.74.